The van der Waals surface area contributed by atoms with Crippen molar-refractivity contribution in [1.82, 2.24) is 19.4 Å². The summed E-state index contributed by atoms with van der Waals surface area (Å²) in [5.41, 5.74) is 1.03. The maximum atomic E-state index is 14.2. The minimum absolute atomic E-state index is 0.00517. The third-order valence-corrected chi connectivity index (χ3v) is 6.74. The summed E-state index contributed by atoms with van der Waals surface area (Å²) >= 11 is 0. The van der Waals surface area contributed by atoms with Gasteiger partial charge in [-0.3, -0.25) is 9.59 Å². The minimum atomic E-state index is -0.656. The van der Waals surface area contributed by atoms with E-state index in [0.717, 1.165) is 23.9 Å². The number of piperidine rings is 1. The zero-order chi connectivity index (χ0) is 28.0. The van der Waals surface area contributed by atoms with Gasteiger partial charge in [-0.1, -0.05) is 26.0 Å². The first-order valence-electron chi connectivity index (χ1n) is 13.6. The van der Waals surface area contributed by atoms with E-state index in [9.17, 15) is 14.4 Å². The number of methoxy groups -OCH3 is 1. The number of likely N-dealkylation sites (tertiary alicyclic amines) is 1. The van der Waals surface area contributed by atoms with Gasteiger partial charge in [0.25, 0.3) is 5.91 Å². The second-order valence-corrected chi connectivity index (χ2v) is 11.7. The van der Waals surface area contributed by atoms with Crippen molar-refractivity contribution >= 4 is 28.8 Å². The van der Waals surface area contributed by atoms with Gasteiger partial charge in [0.2, 0.25) is 0 Å². The molecule has 1 aromatic heterocycles. The van der Waals surface area contributed by atoms with Crippen molar-refractivity contribution < 1.29 is 23.9 Å². The summed E-state index contributed by atoms with van der Waals surface area (Å²) in [4.78, 5) is 47.9. The molecule has 1 saturated heterocycles. The molecule has 0 N–H and O–H groups in total. The molecule has 2 heterocycles. The number of carbonyl (C=O) groups excluding carboxylic acids is 3. The molecule has 2 amide bonds. The Labute approximate surface area is 226 Å². The summed E-state index contributed by atoms with van der Waals surface area (Å²) in [5.74, 6) is 0.0337. The molecule has 1 aliphatic heterocycles. The SMILES string of the molecule is COCCCCn1c(C(=O)N(CC(C)C)[C@H]2C[C@@H](C(C)=O)CN(C(=O)OC(C)(C)C)C2)nc2ccccc21. The Morgan fingerprint density at radius 1 is 1.13 bits per heavy atom. The number of Topliss-reactive ketones (excluding diaryl/α,β-unsaturated/α-hetero) is 1. The average Bonchev–Trinajstić information content (AvgIpc) is 3.22. The number of hydrogen-bond acceptors (Lipinski definition) is 6. The largest absolute Gasteiger partial charge is 0.444 e. The number of hydrogen-bond donors (Lipinski definition) is 0. The van der Waals surface area contributed by atoms with Crippen LogP contribution in [0.1, 0.15) is 71.4 Å². The number of carbonyl (C=O) groups is 3. The van der Waals surface area contributed by atoms with Gasteiger partial charge in [-0.2, -0.15) is 0 Å². The fourth-order valence-electron chi connectivity index (χ4n) is 4.97. The van der Waals surface area contributed by atoms with E-state index in [-0.39, 0.29) is 29.6 Å². The molecule has 0 radical (unpaired) electrons. The summed E-state index contributed by atoms with van der Waals surface area (Å²) < 4.78 is 12.8. The van der Waals surface area contributed by atoms with Gasteiger partial charge in [0, 0.05) is 45.8 Å². The Bertz CT molecular complexity index is 1120. The molecule has 2 atom stereocenters. The highest BCUT2D eigenvalue weighted by Crippen LogP contribution is 2.27. The third-order valence-electron chi connectivity index (χ3n) is 6.74. The molecule has 9 nitrogen and oxygen atoms in total. The number of para-hydroxylation sites is 2. The Kier molecular flexibility index (Phi) is 9.93. The first kappa shape index (κ1) is 29.6. The quantitative estimate of drug-likeness (QED) is 0.412. The molecule has 0 spiro atoms. The van der Waals surface area contributed by atoms with E-state index in [1.165, 1.54) is 0 Å². The number of benzene rings is 1. The van der Waals surface area contributed by atoms with Crippen LogP contribution in [0, 0.1) is 11.8 Å². The van der Waals surface area contributed by atoms with Crippen molar-refractivity contribution in [3.8, 4) is 0 Å². The second kappa shape index (κ2) is 12.7. The van der Waals surface area contributed by atoms with Gasteiger partial charge in [0.1, 0.15) is 11.4 Å². The monoisotopic (exact) mass is 528 g/mol. The maximum absolute atomic E-state index is 14.2. The highest BCUT2D eigenvalue weighted by molar-refractivity contribution is 5.95. The lowest BCUT2D eigenvalue weighted by molar-refractivity contribution is -0.123. The average molecular weight is 529 g/mol. The number of fused-ring (bicyclic) bond motifs is 1. The predicted octanol–water partition coefficient (Wildman–Crippen LogP) is 4.78. The molecular formula is C29H44N4O5. The molecule has 0 unspecified atom stereocenters. The van der Waals surface area contributed by atoms with E-state index >= 15 is 0 Å². The predicted molar refractivity (Wildman–Crippen MR) is 147 cm³/mol. The van der Waals surface area contributed by atoms with E-state index in [2.05, 4.69) is 13.8 Å². The number of ketones is 1. The van der Waals surface area contributed by atoms with E-state index in [0.29, 0.717) is 45.0 Å². The molecule has 38 heavy (non-hydrogen) atoms. The Morgan fingerprint density at radius 2 is 1.84 bits per heavy atom. The molecular weight excluding hydrogens is 484 g/mol. The van der Waals surface area contributed by atoms with Crippen LogP contribution in [0.4, 0.5) is 4.79 Å². The molecule has 2 aromatic rings. The van der Waals surface area contributed by atoms with Crippen molar-refractivity contribution in [2.75, 3.05) is 33.4 Å². The van der Waals surface area contributed by atoms with E-state index in [1.807, 2.05) is 54.5 Å². The van der Waals surface area contributed by atoms with E-state index in [1.54, 1.807) is 18.9 Å². The van der Waals surface area contributed by atoms with E-state index < -0.39 is 11.7 Å². The van der Waals surface area contributed by atoms with Crippen molar-refractivity contribution in [2.24, 2.45) is 11.8 Å². The number of unbranched alkanes of at least 4 members (excludes halogenated alkanes) is 1. The van der Waals surface area contributed by atoms with Crippen molar-refractivity contribution in [2.45, 2.75) is 79.0 Å². The van der Waals surface area contributed by atoms with Crippen LogP contribution in [0.3, 0.4) is 0 Å². The number of aryl methyl sites for hydroxylation is 1. The first-order valence-corrected chi connectivity index (χ1v) is 13.6. The van der Waals surface area contributed by atoms with Crippen LogP contribution < -0.4 is 0 Å². The van der Waals surface area contributed by atoms with Gasteiger partial charge < -0.3 is 23.8 Å². The lowest BCUT2D eigenvalue weighted by atomic mass is 9.90. The number of nitrogens with zero attached hydrogens (tertiary/aromatic N) is 4. The maximum Gasteiger partial charge on any atom is 0.410 e. The molecule has 3 rings (SSSR count). The number of aromatic nitrogens is 2. The summed E-state index contributed by atoms with van der Waals surface area (Å²) in [6.07, 6.45) is 1.76. The van der Waals surface area contributed by atoms with Gasteiger partial charge >= 0.3 is 6.09 Å². The van der Waals surface area contributed by atoms with Crippen molar-refractivity contribution in [3.63, 3.8) is 0 Å². The Hall–Kier alpha value is -2.94. The highest BCUT2D eigenvalue weighted by Gasteiger charge is 2.39. The normalized spacial score (nSPS) is 18.2. The smallest absolute Gasteiger partial charge is 0.410 e. The Balaban J connectivity index is 1.97. The number of imidazole rings is 1. The zero-order valence-corrected chi connectivity index (χ0v) is 24.0. The minimum Gasteiger partial charge on any atom is -0.444 e. The molecule has 210 valence electrons. The van der Waals surface area contributed by atoms with Gasteiger partial charge in [0.15, 0.2) is 5.82 Å². The molecule has 9 heteroatoms. The molecule has 0 aliphatic carbocycles. The van der Waals surface area contributed by atoms with Gasteiger partial charge in [-0.25, -0.2) is 9.78 Å². The van der Waals surface area contributed by atoms with Gasteiger partial charge in [-0.15, -0.1) is 0 Å². The van der Waals surface area contributed by atoms with Crippen LogP contribution in [0.2, 0.25) is 0 Å². The Morgan fingerprint density at radius 3 is 2.47 bits per heavy atom. The first-order chi connectivity index (χ1) is 17.9. The zero-order valence-electron chi connectivity index (χ0n) is 24.0. The topological polar surface area (TPSA) is 94.0 Å². The number of ether oxygens (including phenoxy) is 2. The van der Waals surface area contributed by atoms with E-state index in [4.69, 9.17) is 14.5 Å². The van der Waals surface area contributed by atoms with Crippen LogP contribution in [0.25, 0.3) is 11.0 Å². The lowest BCUT2D eigenvalue weighted by Crippen LogP contribution is -2.56. The molecule has 1 fully saturated rings. The second-order valence-electron chi connectivity index (χ2n) is 11.7. The van der Waals surface area contributed by atoms with Crippen LogP contribution in [-0.4, -0.2) is 82.1 Å². The van der Waals surface area contributed by atoms with Crippen LogP contribution in [0.5, 0.6) is 0 Å². The summed E-state index contributed by atoms with van der Waals surface area (Å²) in [7, 11) is 1.68. The van der Waals surface area contributed by atoms with Crippen LogP contribution in [0.15, 0.2) is 24.3 Å². The number of rotatable bonds is 10. The standard InChI is InChI=1S/C29H44N4O5/c1-20(2)17-33(23-16-22(21(3)34)18-31(19-23)28(36)38-29(4,5)6)27(35)26-30-24-12-8-9-13-25(24)32(26)14-10-11-15-37-7/h8-9,12-13,20,22-23H,10-11,14-19H2,1-7H3/t22-,23+/m1/s1. The molecule has 0 bridgehead atoms. The van der Waals surface area contributed by atoms with Gasteiger partial charge in [-0.05, 0) is 65.0 Å². The van der Waals surface area contributed by atoms with Crippen molar-refractivity contribution in [1.29, 1.82) is 0 Å². The summed E-state index contributed by atoms with van der Waals surface area (Å²) in [6, 6.07) is 7.44. The molecule has 1 aliphatic rings. The molecule has 0 saturated carbocycles. The fourth-order valence-corrected chi connectivity index (χ4v) is 4.97. The third kappa shape index (κ3) is 7.56. The van der Waals surface area contributed by atoms with Crippen molar-refractivity contribution in [3.05, 3.63) is 30.1 Å². The van der Waals surface area contributed by atoms with Crippen LogP contribution in [-0.2, 0) is 20.8 Å². The lowest BCUT2D eigenvalue weighted by Gasteiger charge is -2.42. The van der Waals surface area contributed by atoms with Gasteiger partial charge in [0.05, 0.1) is 17.1 Å². The number of amides is 2. The highest BCUT2D eigenvalue weighted by atomic mass is 16.6. The summed E-state index contributed by atoms with van der Waals surface area (Å²) in [5, 5.41) is 0. The molecule has 1 aromatic carbocycles. The summed E-state index contributed by atoms with van der Waals surface area (Å²) in [6.45, 7) is 13.5. The van der Waals surface area contributed by atoms with Crippen LogP contribution >= 0.6 is 0 Å². The fraction of sp³-hybridized carbons (Fsp3) is 0.655.